The molecule has 3 aromatic rings. The molecular weight excluding hydrogens is 376 g/mol. The Hall–Kier alpha value is -3.41. The van der Waals surface area contributed by atoms with E-state index in [1.54, 1.807) is 12.5 Å². The second-order valence-electron chi connectivity index (χ2n) is 7.63. The number of imidazole rings is 1. The summed E-state index contributed by atoms with van der Waals surface area (Å²) < 4.78 is 1.91. The van der Waals surface area contributed by atoms with Crippen molar-refractivity contribution in [3.8, 4) is 5.69 Å². The van der Waals surface area contributed by atoms with E-state index in [4.69, 9.17) is 0 Å². The van der Waals surface area contributed by atoms with E-state index in [9.17, 15) is 9.59 Å². The number of nitrogens with one attached hydrogen (secondary N) is 2. The van der Waals surface area contributed by atoms with Crippen LogP contribution in [0.3, 0.4) is 0 Å². The van der Waals surface area contributed by atoms with Crippen molar-refractivity contribution in [1.82, 2.24) is 20.2 Å². The summed E-state index contributed by atoms with van der Waals surface area (Å²) in [5, 5.41) is 5.85. The number of amides is 2. The lowest BCUT2D eigenvalue weighted by Gasteiger charge is -2.22. The molecule has 2 aromatic carbocycles. The van der Waals surface area contributed by atoms with Gasteiger partial charge in [0.2, 0.25) is 11.8 Å². The lowest BCUT2D eigenvalue weighted by Crippen LogP contribution is -2.49. The maximum atomic E-state index is 12.7. The fourth-order valence-electron chi connectivity index (χ4n) is 3.22. The second-order valence-corrected chi connectivity index (χ2v) is 7.63. The van der Waals surface area contributed by atoms with Crippen LogP contribution in [0.1, 0.15) is 31.4 Å². The number of rotatable bonds is 9. The van der Waals surface area contributed by atoms with Gasteiger partial charge in [0, 0.05) is 31.0 Å². The first-order chi connectivity index (χ1) is 14.5. The predicted molar refractivity (Wildman–Crippen MR) is 117 cm³/mol. The Morgan fingerprint density at radius 3 is 2.50 bits per heavy atom. The molecule has 1 aromatic heterocycles. The van der Waals surface area contributed by atoms with Crippen LogP contribution < -0.4 is 10.6 Å². The minimum atomic E-state index is -0.565. The van der Waals surface area contributed by atoms with Crippen molar-refractivity contribution in [3.63, 3.8) is 0 Å². The normalized spacial score (nSPS) is 11.8. The summed E-state index contributed by atoms with van der Waals surface area (Å²) in [6.45, 7) is 4.26. The van der Waals surface area contributed by atoms with E-state index < -0.39 is 6.04 Å². The Morgan fingerprint density at radius 2 is 1.80 bits per heavy atom. The highest BCUT2D eigenvalue weighted by molar-refractivity contribution is 5.87. The molecule has 0 radical (unpaired) electrons. The molecule has 1 atom stereocenters. The summed E-state index contributed by atoms with van der Waals surface area (Å²) in [5.74, 6) is -0.302. The van der Waals surface area contributed by atoms with Gasteiger partial charge in [0.05, 0.1) is 6.33 Å². The molecule has 1 heterocycles. The van der Waals surface area contributed by atoms with Gasteiger partial charge in [-0.05, 0) is 35.6 Å². The van der Waals surface area contributed by atoms with Crippen LogP contribution in [0.25, 0.3) is 5.69 Å². The van der Waals surface area contributed by atoms with Gasteiger partial charge in [0.15, 0.2) is 0 Å². The molecule has 2 amide bonds. The predicted octanol–water partition coefficient (Wildman–Crippen LogP) is 3.26. The van der Waals surface area contributed by atoms with Crippen molar-refractivity contribution in [3.05, 3.63) is 84.4 Å². The van der Waals surface area contributed by atoms with E-state index in [1.165, 1.54) is 0 Å². The number of carbonyl (C=O) groups excluding carboxylic acids is 2. The maximum absolute atomic E-state index is 12.7. The molecule has 6 heteroatoms. The van der Waals surface area contributed by atoms with Gasteiger partial charge < -0.3 is 15.2 Å². The van der Waals surface area contributed by atoms with Crippen molar-refractivity contribution >= 4 is 11.8 Å². The second kappa shape index (κ2) is 10.4. The lowest BCUT2D eigenvalue weighted by atomic mass is 10.0. The van der Waals surface area contributed by atoms with E-state index in [0.29, 0.717) is 19.4 Å². The minimum Gasteiger partial charge on any atom is -0.350 e. The van der Waals surface area contributed by atoms with Crippen molar-refractivity contribution in [2.45, 2.75) is 39.3 Å². The number of hydrogen-bond acceptors (Lipinski definition) is 3. The molecule has 0 fully saturated rings. The van der Waals surface area contributed by atoms with Crippen LogP contribution in [-0.4, -0.2) is 27.4 Å². The molecule has 156 valence electrons. The molecule has 0 aliphatic heterocycles. The monoisotopic (exact) mass is 404 g/mol. The third-order valence-corrected chi connectivity index (χ3v) is 4.93. The molecule has 2 N–H and O–H groups in total. The summed E-state index contributed by atoms with van der Waals surface area (Å²) in [6, 6.07) is 17.2. The van der Waals surface area contributed by atoms with Crippen molar-refractivity contribution in [1.29, 1.82) is 0 Å². The van der Waals surface area contributed by atoms with Crippen LogP contribution in [0.4, 0.5) is 0 Å². The topological polar surface area (TPSA) is 76.0 Å². The summed E-state index contributed by atoms with van der Waals surface area (Å²) in [5.41, 5.74) is 3.07. The Kier molecular flexibility index (Phi) is 7.38. The summed E-state index contributed by atoms with van der Waals surface area (Å²) in [6.07, 6.45) is 6.34. The van der Waals surface area contributed by atoms with Gasteiger partial charge in [-0.25, -0.2) is 4.98 Å². The first kappa shape index (κ1) is 21.3. The number of hydrogen-bond donors (Lipinski definition) is 2. The van der Waals surface area contributed by atoms with Gasteiger partial charge in [0.25, 0.3) is 0 Å². The maximum Gasteiger partial charge on any atom is 0.243 e. The van der Waals surface area contributed by atoms with E-state index in [2.05, 4.69) is 15.6 Å². The SMILES string of the molecule is CC(C)C(NC(=O)CCc1ccccc1)C(=O)NCc1cccc(-n2ccnc2)c1. The third-order valence-electron chi connectivity index (χ3n) is 4.93. The fourth-order valence-corrected chi connectivity index (χ4v) is 3.22. The quantitative estimate of drug-likeness (QED) is 0.575. The first-order valence-electron chi connectivity index (χ1n) is 10.2. The van der Waals surface area contributed by atoms with Crippen LogP contribution in [0, 0.1) is 5.92 Å². The zero-order chi connectivity index (χ0) is 21.3. The largest absolute Gasteiger partial charge is 0.350 e. The molecule has 0 bridgehead atoms. The molecule has 1 unspecified atom stereocenters. The Morgan fingerprint density at radius 1 is 1.03 bits per heavy atom. The van der Waals surface area contributed by atoms with Gasteiger partial charge in [-0.1, -0.05) is 56.3 Å². The average Bonchev–Trinajstić information content (AvgIpc) is 3.30. The van der Waals surface area contributed by atoms with Crippen molar-refractivity contribution < 1.29 is 9.59 Å². The molecule has 0 aliphatic carbocycles. The van der Waals surface area contributed by atoms with Crippen molar-refractivity contribution in [2.24, 2.45) is 5.92 Å². The highest BCUT2D eigenvalue weighted by atomic mass is 16.2. The fraction of sp³-hybridized carbons (Fsp3) is 0.292. The third kappa shape index (κ3) is 6.04. The van der Waals surface area contributed by atoms with E-state index >= 15 is 0 Å². The molecule has 0 saturated heterocycles. The Balaban J connectivity index is 1.54. The van der Waals surface area contributed by atoms with E-state index in [-0.39, 0.29) is 17.7 Å². The average molecular weight is 405 g/mol. The van der Waals surface area contributed by atoms with Gasteiger partial charge in [0.1, 0.15) is 6.04 Å². The summed E-state index contributed by atoms with van der Waals surface area (Å²) in [7, 11) is 0. The smallest absolute Gasteiger partial charge is 0.243 e. The molecular formula is C24H28N4O2. The van der Waals surface area contributed by atoms with Crippen LogP contribution in [0.2, 0.25) is 0 Å². The summed E-state index contributed by atoms with van der Waals surface area (Å²) >= 11 is 0. The van der Waals surface area contributed by atoms with Gasteiger partial charge in [-0.3, -0.25) is 9.59 Å². The standard InChI is InChI=1S/C24H28N4O2/c1-18(2)23(27-22(29)12-11-19-7-4-3-5-8-19)24(30)26-16-20-9-6-10-21(15-20)28-14-13-25-17-28/h3-10,13-15,17-18,23H,11-12,16H2,1-2H3,(H,26,30)(H,27,29). The molecule has 0 spiro atoms. The summed E-state index contributed by atoms with van der Waals surface area (Å²) in [4.78, 5) is 29.2. The number of benzene rings is 2. The molecule has 6 nitrogen and oxygen atoms in total. The zero-order valence-electron chi connectivity index (χ0n) is 17.4. The molecule has 3 rings (SSSR count). The van der Waals surface area contributed by atoms with Crippen LogP contribution in [0.5, 0.6) is 0 Å². The van der Waals surface area contributed by atoms with Crippen LogP contribution in [-0.2, 0) is 22.6 Å². The minimum absolute atomic E-state index is 0.0111. The number of carbonyl (C=O) groups is 2. The van der Waals surface area contributed by atoms with Gasteiger partial charge in [-0.2, -0.15) is 0 Å². The van der Waals surface area contributed by atoms with Crippen LogP contribution in [0.15, 0.2) is 73.3 Å². The first-order valence-corrected chi connectivity index (χ1v) is 10.2. The van der Waals surface area contributed by atoms with E-state index in [1.807, 2.05) is 79.2 Å². The zero-order valence-corrected chi connectivity index (χ0v) is 17.4. The van der Waals surface area contributed by atoms with Crippen molar-refractivity contribution in [2.75, 3.05) is 0 Å². The lowest BCUT2D eigenvalue weighted by molar-refractivity contribution is -0.130. The highest BCUT2D eigenvalue weighted by Crippen LogP contribution is 2.11. The molecule has 0 saturated carbocycles. The molecule has 0 aliphatic rings. The number of aryl methyl sites for hydroxylation is 1. The van der Waals surface area contributed by atoms with Gasteiger partial charge in [-0.15, -0.1) is 0 Å². The Labute approximate surface area is 177 Å². The number of nitrogens with zero attached hydrogens (tertiary/aromatic N) is 2. The van der Waals surface area contributed by atoms with E-state index in [0.717, 1.165) is 16.8 Å². The highest BCUT2D eigenvalue weighted by Gasteiger charge is 2.23. The number of aromatic nitrogens is 2. The van der Waals surface area contributed by atoms with Crippen LogP contribution >= 0.6 is 0 Å². The van der Waals surface area contributed by atoms with Gasteiger partial charge >= 0.3 is 0 Å². The molecule has 30 heavy (non-hydrogen) atoms. The Bertz CT molecular complexity index is 952.